The first-order valence-electron chi connectivity index (χ1n) is 7.22. The van der Waals surface area contributed by atoms with Gasteiger partial charge in [-0.1, -0.05) is 39.0 Å². The molecule has 112 valence electrons. The van der Waals surface area contributed by atoms with Gasteiger partial charge in [0.15, 0.2) is 5.82 Å². The number of nitrogens with one attached hydrogen (secondary N) is 1. The Kier molecular flexibility index (Phi) is 4.98. The van der Waals surface area contributed by atoms with E-state index in [2.05, 4.69) is 35.2 Å². The van der Waals surface area contributed by atoms with Crippen LogP contribution >= 0.6 is 0 Å². The van der Waals surface area contributed by atoms with Crippen LogP contribution in [0.25, 0.3) is 0 Å². The number of ether oxygens (including phenoxy) is 1. The lowest BCUT2D eigenvalue weighted by Crippen LogP contribution is -2.07. The van der Waals surface area contributed by atoms with E-state index in [1.807, 2.05) is 25.1 Å². The van der Waals surface area contributed by atoms with Crippen LogP contribution in [-0.4, -0.2) is 16.6 Å². The van der Waals surface area contributed by atoms with E-state index in [9.17, 15) is 0 Å². The van der Waals surface area contributed by atoms with E-state index >= 15 is 0 Å². The third-order valence-electron chi connectivity index (χ3n) is 3.13. The van der Waals surface area contributed by atoms with Crippen molar-refractivity contribution < 1.29 is 4.74 Å². The first-order chi connectivity index (χ1) is 10.1. The molecule has 0 atom stereocenters. The van der Waals surface area contributed by atoms with Gasteiger partial charge in [0.05, 0.1) is 6.61 Å². The lowest BCUT2D eigenvalue weighted by Gasteiger charge is -2.16. The third kappa shape index (κ3) is 3.62. The van der Waals surface area contributed by atoms with Gasteiger partial charge >= 0.3 is 0 Å². The molecule has 21 heavy (non-hydrogen) atoms. The van der Waals surface area contributed by atoms with E-state index in [-0.39, 0.29) is 0 Å². The molecule has 3 N–H and O–H groups in total. The summed E-state index contributed by atoms with van der Waals surface area (Å²) in [7, 11) is 0. The first kappa shape index (κ1) is 15.1. The maximum Gasteiger partial charge on any atom is 0.242 e. The Bertz CT molecular complexity index is 599. The van der Waals surface area contributed by atoms with Gasteiger partial charge in [0.25, 0.3) is 0 Å². The largest absolute Gasteiger partial charge is 0.476 e. The molecule has 0 fully saturated rings. The Morgan fingerprint density at radius 2 is 2.00 bits per heavy atom. The van der Waals surface area contributed by atoms with Gasteiger partial charge in [-0.3, -0.25) is 0 Å². The van der Waals surface area contributed by atoms with Crippen molar-refractivity contribution in [3.8, 4) is 5.88 Å². The van der Waals surface area contributed by atoms with Gasteiger partial charge < -0.3 is 15.8 Å². The molecule has 0 amide bonds. The summed E-state index contributed by atoms with van der Waals surface area (Å²) in [6, 6.07) is 8.13. The highest BCUT2D eigenvalue weighted by molar-refractivity contribution is 5.73. The van der Waals surface area contributed by atoms with E-state index < -0.39 is 0 Å². The molecule has 0 aliphatic heterocycles. The minimum atomic E-state index is 0.410. The highest BCUT2D eigenvalue weighted by Gasteiger charge is 2.12. The Morgan fingerprint density at radius 3 is 2.71 bits per heavy atom. The number of para-hydroxylation sites is 1. The molecular formula is C16H22N4O. The molecule has 2 rings (SSSR count). The second-order valence-corrected chi connectivity index (χ2v) is 5.16. The molecule has 5 heteroatoms. The zero-order valence-corrected chi connectivity index (χ0v) is 12.8. The van der Waals surface area contributed by atoms with Gasteiger partial charge in [0.1, 0.15) is 12.0 Å². The Hall–Kier alpha value is -2.30. The molecule has 2 aromatic rings. The van der Waals surface area contributed by atoms with Gasteiger partial charge in [0, 0.05) is 5.69 Å². The zero-order chi connectivity index (χ0) is 15.2. The zero-order valence-electron chi connectivity index (χ0n) is 12.8. The quantitative estimate of drug-likeness (QED) is 0.846. The minimum Gasteiger partial charge on any atom is -0.476 e. The van der Waals surface area contributed by atoms with E-state index in [0.29, 0.717) is 29.9 Å². The van der Waals surface area contributed by atoms with Crippen molar-refractivity contribution in [2.24, 2.45) is 0 Å². The van der Waals surface area contributed by atoms with Gasteiger partial charge in [-0.05, 0) is 24.0 Å². The van der Waals surface area contributed by atoms with Crippen molar-refractivity contribution in [1.29, 1.82) is 0 Å². The van der Waals surface area contributed by atoms with Crippen molar-refractivity contribution in [3.63, 3.8) is 0 Å². The number of nitrogens with two attached hydrogens (primary N) is 1. The fourth-order valence-electron chi connectivity index (χ4n) is 2.03. The van der Waals surface area contributed by atoms with Crippen LogP contribution in [-0.2, 0) is 0 Å². The summed E-state index contributed by atoms with van der Waals surface area (Å²) >= 11 is 0. The number of nitrogens with zero attached hydrogens (tertiary/aromatic N) is 2. The highest BCUT2D eigenvalue weighted by atomic mass is 16.5. The normalized spacial score (nSPS) is 10.7. The molecular weight excluding hydrogens is 264 g/mol. The molecule has 0 aliphatic carbocycles. The number of benzene rings is 1. The van der Waals surface area contributed by atoms with E-state index in [4.69, 9.17) is 10.5 Å². The highest BCUT2D eigenvalue weighted by Crippen LogP contribution is 2.31. The molecule has 0 radical (unpaired) electrons. The van der Waals surface area contributed by atoms with Crippen LogP contribution in [0.5, 0.6) is 5.88 Å². The summed E-state index contributed by atoms with van der Waals surface area (Å²) < 4.78 is 5.53. The Morgan fingerprint density at radius 1 is 1.24 bits per heavy atom. The van der Waals surface area contributed by atoms with Gasteiger partial charge in [0.2, 0.25) is 5.88 Å². The van der Waals surface area contributed by atoms with Crippen LogP contribution in [0.15, 0.2) is 30.6 Å². The number of hydrogen-bond acceptors (Lipinski definition) is 5. The SMILES string of the molecule is CCCOc1ncnc(Nc2ccccc2C(C)C)c1N. The van der Waals surface area contributed by atoms with Crippen LogP contribution in [0, 0.1) is 0 Å². The van der Waals surface area contributed by atoms with Crippen LogP contribution in [0.3, 0.4) is 0 Å². The van der Waals surface area contributed by atoms with E-state index in [1.165, 1.54) is 11.9 Å². The predicted molar refractivity (Wildman–Crippen MR) is 86.0 cm³/mol. The molecule has 0 unspecified atom stereocenters. The van der Waals surface area contributed by atoms with Crippen LogP contribution < -0.4 is 15.8 Å². The summed E-state index contributed by atoms with van der Waals surface area (Å²) in [5, 5.41) is 3.28. The van der Waals surface area contributed by atoms with Crippen molar-refractivity contribution in [2.45, 2.75) is 33.1 Å². The summed E-state index contributed by atoms with van der Waals surface area (Å²) in [6.45, 7) is 6.93. The average molecular weight is 286 g/mol. The van der Waals surface area contributed by atoms with Gasteiger partial charge in [-0.25, -0.2) is 4.98 Å². The molecule has 0 aliphatic rings. The Balaban J connectivity index is 2.28. The van der Waals surface area contributed by atoms with Gasteiger partial charge in [-0.2, -0.15) is 4.98 Å². The number of rotatable bonds is 6. The number of anilines is 3. The molecule has 0 saturated carbocycles. The molecule has 0 saturated heterocycles. The summed E-state index contributed by atoms with van der Waals surface area (Å²) in [6.07, 6.45) is 2.37. The first-order valence-corrected chi connectivity index (χ1v) is 7.22. The molecule has 1 heterocycles. The fraction of sp³-hybridized carbons (Fsp3) is 0.375. The van der Waals surface area contributed by atoms with Crippen LogP contribution in [0.4, 0.5) is 17.2 Å². The monoisotopic (exact) mass is 286 g/mol. The average Bonchev–Trinajstić information content (AvgIpc) is 2.48. The fourth-order valence-corrected chi connectivity index (χ4v) is 2.03. The number of aromatic nitrogens is 2. The van der Waals surface area contributed by atoms with Crippen molar-refractivity contribution in [2.75, 3.05) is 17.7 Å². The van der Waals surface area contributed by atoms with Crippen LogP contribution in [0.2, 0.25) is 0 Å². The standard InChI is InChI=1S/C16H22N4O/c1-4-9-21-16-14(17)15(18-10-19-16)20-13-8-6-5-7-12(13)11(2)3/h5-8,10-11H,4,9,17H2,1-3H3,(H,18,19,20). The smallest absolute Gasteiger partial charge is 0.242 e. The molecule has 0 spiro atoms. The van der Waals surface area contributed by atoms with E-state index in [0.717, 1.165) is 12.1 Å². The predicted octanol–water partition coefficient (Wildman–Crippen LogP) is 3.71. The summed E-state index contributed by atoms with van der Waals surface area (Å²) in [4.78, 5) is 8.29. The third-order valence-corrected chi connectivity index (χ3v) is 3.13. The second-order valence-electron chi connectivity index (χ2n) is 5.16. The summed E-state index contributed by atoms with van der Waals surface area (Å²) in [5.41, 5.74) is 8.73. The van der Waals surface area contributed by atoms with E-state index in [1.54, 1.807) is 0 Å². The van der Waals surface area contributed by atoms with Gasteiger partial charge in [-0.15, -0.1) is 0 Å². The maximum absolute atomic E-state index is 6.09. The number of nitrogen functional groups attached to an aromatic ring is 1. The second kappa shape index (κ2) is 6.92. The van der Waals surface area contributed by atoms with Crippen molar-refractivity contribution >= 4 is 17.2 Å². The minimum absolute atomic E-state index is 0.410. The topological polar surface area (TPSA) is 73.1 Å². The molecule has 0 bridgehead atoms. The lowest BCUT2D eigenvalue weighted by atomic mass is 10.0. The maximum atomic E-state index is 6.09. The Labute approximate surface area is 125 Å². The lowest BCUT2D eigenvalue weighted by molar-refractivity contribution is 0.307. The molecule has 1 aromatic carbocycles. The number of hydrogen-bond donors (Lipinski definition) is 2. The molecule has 1 aromatic heterocycles. The van der Waals surface area contributed by atoms with Crippen LogP contribution in [0.1, 0.15) is 38.7 Å². The van der Waals surface area contributed by atoms with Crippen molar-refractivity contribution in [3.05, 3.63) is 36.2 Å². The summed E-state index contributed by atoms with van der Waals surface area (Å²) in [5.74, 6) is 1.41. The van der Waals surface area contributed by atoms with Crippen molar-refractivity contribution in [1.82, 2.24) is 9.97 Å². The molecule has 5 nitrogen and oxygen atoms in total.